The van der Waals surface area contributed by atoms with Crippen LogP contribution in [0.2, 0.25) is 0 Å². The molecular weight excluding hydrogens is 393 g/mol. The van der Waals surface area contributed by atoms with Crippen LogP contribution < -0.4 is 21.5 Å². The van der Waals surface area contributed by atoms with Crippen LogP contribution >= 0.6 is 22.6 Å². The predicted octanol–water partition coefficient (Wildman–Crippen LogP) is -0.534. The summed E-state index contributed by atoms with van der Waals surface area (Å²) in [6, 6.07) is 13.3. The van der Waals surface area contributed by atoms with Crippen LogP contribution in [0.1, 0.15) is 10.4 Å². The Hall–Kier alpha value is -0.750. The Morgan fingerprint density at radius 1 is 1.06 bits per heavy atom. The molecule has 2 aromatic rings. The van der Waals surface area contributed by atoms with E-state index < -0.39 is 0 Å². The quantitative estimate of drug-likeness (QED) is 0.383. The molecule has 0 radical (unpaired) electrons. The first-order chi connectivity index (χ1) is 7.75. The molecule has 17 heavy (non-hydrogen) atoms. The number of carbonyl (C=O) groups excluding carboxylic acids is 1. The number of nitrogens with zero attached hydrogens (tertiary/aromatic N) is 1. The fourth-order valence-electron chi connectivity index (χ4n) is 1.43. The van der Waals surface area contributed by atoms with Gasteiger partial charge in [0, 0.05) is 21.3 Å². The molecule has 1 heterocycles. The van der Waals surface area contributed by atoms with Crippen LogP contribution in [-0.4, -0.2) is 5.78 Å². The Morgan fingerprint density at radius 2 is 1.65 bits per heavy atom. The lowest BCUT2D eigenvalue weighted by atomic mass is 10.1. The maximum Gasteiger partial charge on any atom is 0.227 e. The number of hydrogen-bond donors (Lipinski definition) is 0. The first-order valence-electron chi connectivity index (χ1n) is 4.98. The van der Waals surface area contributed by atoms with Gasteiger partial charge in [-0.1, -0.05) is 30.3 Å². The largest absolute Gasteiger partial charge is 1.00 e. The normalized spacial score (nSPS) is 9.47. The van der Waals surface area contributed by atoms with E-state index >= 15 is 0 Å². The molecule has 0 aliphatic rings. The van der Waals surface area contributed by atoms with Crippen molar-refractivity contribution in [2.75, 3.05) is 0 Å². The smallest absolute Gasteiger partial charge is 0.227 e. The molecular formula is C13H11BrINO. The van der Waals surface area contributed by atoms with Crippen molar-refractivity contribution in [3.05, 3.63) is 64.0 Å². The Bertz CT molecular complexity index is 485. The van der Waals surface area contributed by atoms with Crippen molar-refractivity contribution >= 4 is 28.4 Å². The molecule has 1 aromatic carbocycles. The van der Waals surface area contributed by atoms with Crippen molar-refractivity contribution in [1.29, 1.82) is 0 Å². The van der Waals surface area contributed by atoms with E-state index in [0.29, 0.717) is 6.54 Å². The molecule has 0 amide bonds. The summed E-state index contributed by atoms with van der Waals surface area (Å²) in [5.74, 6) is 0.131. The second-order valence-corrected chi connectivity index (χ2v) is 4.72. The zero-order valence-corrected chi connectivity index (χ0v) is 12.8. The highest BCUT2D eigenvalue weighted by Gasteiger charge is 2.10. The molecule has 0 spiro atoms. The van der Waals surface area contributed by atoms with Crippen LogP contribution in [0.25, 0.3) is 0 Å². The Balaban J connectivity index is 0.00000144. The maximum absolute atomic E-state index is 11.9. The number of hydrogen-bond acceptors (Lipinski definition) is 1. The molecule has 0 atom stereocenters. The zero-order valence-electron chi connectivity index (χ0n) is 9.01. The zero-order chi connectivity index (χ0) is 11.4. The highest BCUT2D eigenvalue weighted by Crippen LogP contribution is 2.01. The van der Waals surface area contributed by atoms with E-state index in [4.69, 9.17) is 0 Å². The fourth-order valence-corrected chi connectivity index (χ4v) is 1.75. The summed E-state index contributed by atoms with van der Waals surface area (Å²) in [6.07, 6.45) is 3.84. The lowest BCUT2D eigenvalue weighted by molar-refractivity contribution is -0.683. The van der Waals surface area contributed by atoms with Gasteiger partial charge in [0.05, 0.1) is 0 Å². The molecule has 2 rings (SSSR count). The van der Waals surface area contributed by atoms with Crippen molar-refractivity contribution in [2.45, 2.75) is 6.54 Å². The van der Waals surface area contributed by atoms with Crippen molar-refractivity contribution in [3.8, 4) is 0 Å². The summed E-state index contributed by atoms with van der Waals surface area (Å²) in [5, 5.41) is 0. The predicted molar refractivity (Wildman–Crippen MR) is 70.1 cm³/mol. The highest BCUT2D eigenvalue weighted by atomic mass is 127. The van der Waals surface area contributed by atoms with Crippen molar-refractivity contribution in [3.63, 3.8) is 0 Å². The topological polar surface area (TPSA) is 20.9 Å². The molecule has 0 saturated heterocycles. The molecule has 1 aromatic heterocycles. The number of carbonyl (C=O) groups is 1. The van der Waals surface area contributed by atoms with Crippen LogP contribution in [-0.2, 0) is 6.54 Å². The lowest BCUT2D eigenvalue weighted by Gasteiger charge is -1.97. The van der Waals surface area contributed by atoms with Gasteiger partial charge in [-0.2, -0.15) is 4.57 Å². The van der Waals surface area contributed by atoms with Gasteiger partial charge in [-0.05, 0) is 22.6 Å². The number of halogens is 2. The van der Waals surface area contributed by atoms with E-state index in [1.807, 2.05) is 59.4 Å². The summed E-state index contributed by atoms with van der Waals surface area (Å²) in [4.78, 5) is 11.9. The summed E-state index contributed by atoms with van der Waals surface area (Å²) in [6.45, 7) is 0.390. The van der Waals surface area contributed by atoms with Crippen LogP contribution in [0.5, 0.6) is 0 Å². The summed E-state index contributed by atoms with van der Waals surface area (Å²) in [7, 11) is 0. The van der Waals surface area contributed by atoms with Crippen molar-refractivity contribution in [1.82, 2.24) is 0 Å². The van der Waals surface area contributed by atoms with Crippen molar-refractivity contribution < 1.29 is 26.3 Å². The number of pyridine rings is 1. The minimum Gasteiger partial charge on any atom is -1.00 e. The van der Waals surface area contributed by atoms with Crippen molar-refractivity contribution in [2.24, 2.45) is 0 Å². The third-order valence-corrected chi connectivity index (χ3v) is 2.99. The first-order valence-corrected chi connectivity index (χ1v) is 6.06. The molecule has 0 aliphatic heterocycles. The maximum atomic E-state index is 11.9. The SMILES string of the molecule is O=C(C[n+]1ccc(I)cc1)c1ccccc1.[Br-]. The number of benzene rings is 1. The number of ketones is 1. The Kier molecular flexibility index (Phi) is 5.77. The highest BCUT2D eigenvalue weighted by molar-refractivity contribution is 14.1. The minimum atomic E-state index is 0. The minimum absolute atomic E-state index is 0. The van der Waals surface area contributed by atoms with E-state index in [9.17, 15) is 4.79 Å². The van der Waals surface area contributed by atoms with Crippen LogP contribution in [0.15, 0.2) is 54.9 Å². The van der Waals surface area contributed by atoms with Gasteiger partial charge in [-0.25, -0.2) is 0 Å². The van der Waals surface area contributed by atoms with Gasteiger partial charge >= 0.3 is 0 Å². The van der Waals surface area contributed by atoms with Crippen LogP contribution in [0.3, 0.4) is 0 Å². The monoisotopic (exact) mass is 403 g/mol. The standard InChI is InChI=1S/C13H11INO.BrH/c14-12-6-8-15(9-7-12)10-13(16)11-4-2-1-3-5-11;/h1-9H,10H2;1H/q+1;/p-1. The van der Waals surface area contributed by atoms with Gasteiger partial charge in [0.1, 0.15) is 0 Å². The molecule has 88 valence electrons. The third-order valence-electron chi connectivity index (χ3n) is 2.27. The second kappa shape index (κ2) is 6.86. The summed E-state index contributed by atoms with van der Waals surface area (Å²) >= 11 is 2.24. The van der Waals surface area contributed by atoms with E-state index in [1.54, 1.807) is 0 Å². The molecule has 0 bridgehead atoms. The van der Waals surface area contributed by atoms with Gasteiger partial charge in [0.2, 0.25) is 12.3 Å². The van der Waals surface area contributed by atoms with Crippen LogP contribution in [0, 0.1) is 3.57 Å². The molecule has 0 fully saturated rings. The lowest BCUT2D eigenvalue weighted by Crippen LogP contribution is -3.00. The summed E-state index contributed by atoms with van der Waals surface area (Å²) < 4.78 is 3.05. The molecule has 0 aliphatic carbocycles. The summed E-state index contributed by atoms with van der Waals surface area (Å²) in [5.41, 5.74) is 0.758. The van der Waals surface area contributed by atoms with Gasteiger partial charge in [0.15, 0.2) is 12.4 Å². The number of Topliss-reactive ketones (excluding diaryl/α,β-unsaturated/α-hetero) is 1. The number of aromatic nitrogens is 1. The van der Waals surface area contributed by atoms with E-state index in [0.717, 1.165) is 5.56 Å². The fraction of sp³-hybridized carbons (Fsp3) is 0.0769. The average Bonchev–Trinajstić information content (AvgIpc) is 2.33. The van der Waals surface area contributed by atoms with E-state index in [1.165, 1.54) is 3.57 Å². The first kappa shape index (κ1) is 14.3. The molecule has 4 heteroatoms. The third kappa shape index (κ3) is 4.20. The average molecular weight is 404 g/mol. The van der Waals surface area contributed by atoms with E-state index in [-0.39, 0.29) is 22.8 Å². The molecule has 2 nitrogen and oxygen atoms in total. The van der Waals surface area contributed by atoms with E-state index in [2.05, 4.69) is 22.6 Å². The molecule has 0 N–H and O–H groups in total. The Labute approximate surface area is 125 Å². The van der Waals surface area contributed by atoms with Gasteiger partial charge < -0.3 is 17.0 Å². The van der Waals surface area contributed by atoms with Gasteiger partial charge in [0.25, 0.3) is 0 Å². The van der Waals surface area contributed by atoms with Gasteiger partial charge in [-0.3, -0.25) is 4.79 Å². The molecule has 0 unspecified atom stereocenters. The molecule has 0 saturated carbocycles. The van der Waals surface area contributed by atoms with Gasteiger partial charge in [-0.15, -0.1) is 0 Å². The second-order valence-electron chi connectivity index (χ2n) is 3.48. The number of rotatable bonds is 3. The van der Waals surface area contributed by atoms with Crippen LogP contribution in [0.4, 0.5) is 0 Å². The Morgan fingerprint density at radius 3 is 2.24 bits per heavy atom.